The van der Waals surface area contributed by atoms with E-state index in [1.54, 1.807) is 11.3 Å². The number of Topliss-reactive ketones (excluding diaryl/α,β-unsaturated/α-hetero) is 1. The lowest BCUT2D eigenvalue weighted by Crippen LogP contribution is -2.51. The molecule has 0 saturated heterocycles. The van der Waals surface area contributed by atoms with Gasteiger partial charge < -0.3 is 9.26 Å². The van der Waals surface area contributed by atoms with Gasteiger partial charge in [0.2, 0.25) is 11.7 Å². The lowest BCUT2D eigenvalue weighted by molar-refractivity contribution is -0.157. The molecular weight excluding hydrogens is 376 g/mol. The second-order valence-corrected chi connectivity index (χ2v) is 9.59. The summed E-state index contributed by atoms with van der Waals surface area (Å²) in [7, 11) is 0. The standard InChI is InChI=1S/C21H24N2O4S/c24-17(21-8-13-5-14(9-21)7-15(6-13)10-21)11-26-19(25)2-1-18-22-20(23-27-18)16-3-4-28-12-16/h3-4,12-15H,1-2,5-11H2. The Morgan fingerprint density at radius 2 is 1.89 bits per heavy atom. The summed E-state index contributed by atoms with van der Waals surface area (Å²) in [6.45, 7) is -0.0883. The average molecular weight is 401 g/mol. The van der Waals surface area contributed by atoms with Gasteiger partial charge in [0.1, 0.15) is 0 Å². The third-order valence-electron chi connectivity index (χ3n) is 6.78. The van der Waals surface area contributed by atoms with E-state index in [-0.39, 0.29) is 30.2 Å². The zero-order chi connectivity index (χ0) is 19.1. The van der Waals surface area contributed by atoms with Crippen LogP contribution < -0.4 is 0 Å². The summed E-state index contributed by atoms with van der Waals surface area (Å²) >= 11 is 1.56. The fourth-order valence-electron chi connectivity index (χ4n) is 5.90. The molecular formula is C21H24N2O4S. The predicted molar refractivity (Wildman–Crippen MR) is 103 cm³/mol. The minimum absolute atomic E-state index is 0.0883. The number of esters is 1. The van der Waals surface area contributed by atoms with Crippen molar-refractivity contribution in [1.29, 1.82) is 0 Å². The van der Waals surface area contributed by atoms with Gasteiger partial charge in [-0.15, -0.1) is 0 Å². The zero-order valence-electron chi connectivity index (χ0n) is 15.8. The molecule has 4 bridgehead atoms. The van der Waals surface area contributed by atoms with E-state index in [1.165, 1.54) is 19.3 Å². The molecule has 0 aliphatic heterocycles. The van der Waals surface area contributed by atoms with Crippen molar-refractivity contribution in [3.8, 4) is 11.4 Å². The smallest absolute Gasteiger partial charge is 0.306 e. The van der Waals surface area contributed by atoms with Crippen LogP contribution in [0.15, 0.2) is 21.3 Å². The van der Waals surface area contributed by atoms with Crippen LogP contribution in [0.25, 0.3) is 11.4 Å². The molecule has 2 aromatic rings. The van der Waals surface area contributed by atoms with Crippen LogP contribution in [0.2, 0.25) is 0 Å². The largest absolute Gasteiger partial charge is 0.458 e. The molecule has 4 aliphatic carbocycles. The molecule has 6 nitrogen and oxygen atoms in total. The maximum atomic E-state index is 12.9. The summed E-state index contributed by atoms with van der Waals surface area (Å²) < 4.78 is 10.5. The van der Waals surface area contributed by atoms with E-state index in [0.717, 1.165) is 24.8 Å². The topological polar surface area (TPSA) is 82.3 Å². The van der Waals surface area contributed by atoms with E-state index >= 15 is 0 Å². The number of hydrogen-bond donors (Lipinski definition) is 0. The van der Waals surface area contributed by atoms with Crippen LogP contribution in [0.1, 0.15) is 50.8 Å². The number of carbonyl (C=O) groups is 2. The highest BCUT2D eigenvalue weighted by Gasteiger charge is 2.54. The Bertz CT molecular complexity index is 838. The van der Waals surface area contributed by atoms with Gasteiger partial charge in [0.15, 0.2) is 12.4 Å². The van der Waals surface area contributed by atoms with Gasteiger partial charge in [0, 0.05) is 22.8 Å². The Hall–Kier alpha value is -2.02. The number of carbonyl (C=O) groups excluding carboxylic acids is 2. The number of ether oxygens (including phenoxy) is 1. The van der Waals surface area contributed by atoms with Gasteiger partial charge in [-0.1, -0.05) is 5.16 Å². The molecule has 0 radical (unpaired) electrons. The molecule has 0 unspecified atom stereocenters. The number of nitrogens with zero attached hydrogens (tertiary/aromatic N) is 2. The maximum Gasteiger partial charge on any atom is 0.306 e. The molecule has 4 aliphatic rings. The minimum atomic E-state index is -0.381. The molecule has 2 heterocycles. The molecule has 0 N–H and O–H groups in total. The Labute approximate surface area is 167 Å². The Morgan fingerprint density at radius 3 is 2.54 bits per heavy atom. The van der Waals surface area contributed by atoms with Crippen LogP contribution in [0, 0.1) is 23.2 Å². The monoisotopic (exact) mass is 400 g/mol. The highest BCUT2D eigenvalue weighted by atomic mass is 32.1. The summed E-state index contributed by atoms with van der Waals surface area (Å²) in [6.07, 6.45) is 7.35. The molecule has 0 aromatic carbocycles. The fourth-order valence-corrected chi connectivity index (χ4v) is 6.53. The van der Waals surface area contributed by atoms with Gasteiger partial charge in [-0.3, -0.25) is 9.59 Å². The fraction of sp³-hybridized carbons (Fsp3) is 0.619. The van der Waals surface area contributed by atoms with Gasteiger partial charge in [0.05, 0.1) is 6.42 Å². The first kappa shape index (κ1) is 18.0. The summed E-state index contributed by atoms with van der Waals surface area (Å²) in [5, 5.41) is 7.82. The number of ketones is 1. The van der Waals surface area contributed by atoms with Crippen LogP contribution in [0.3, 0.4) is 0 Å². The van der Waals surface area contributed by atoms with Crippen LogP contribution in [-0.2, 0) is 20.7 Å². The highest BCUT2D eigenvalue weighted by molar-refractivity contribution is 7.08. The Kier molecular flexibility index (Phi) is 4.57. The van der Waals surface area contributed by atoms with Gasteiger partial charge in [-0.05, 0) is 67.7 Å². The average Bonchev–Trinajstić information content (AvgIpc) is 3.34. The van der Waals surface area contributed by atoms with Crippen molar-refractivity contribution in [2.24, 2.45) is 23.2 Å². The van der Waals surface area contributed by atoms with Gasteiger partial charge in [-0.25, -0.2) is 0 Å². The van der Waals surface area contributed by atoms with E-state index in [1.807, 2.05) is 16.8 Å². The molecule has 4 saturated carbocycles. The van der Waals surface area contributed by atoms with E-state index < -0.39 is 0 Å². The molecule has 2 aromatic heterocycles. The first-order valence-corrected chi connectivity index (χ1v) is 11.1. The number of thiophene rings is 1. The first-order chi connectivity index (χ1) is 13.6. The van der Waals surface area contributed by atoms with Crippen molar-refractivity contribution in [2.45, 2.75) is 51.4 Å². The number of aromatic nitrogens is 2. The third kappa shape index (κ3) is 3.41. The van der Waals surface area contributed by atoms with Crippen LogP contribution in [0.4, 0.5) is 0 Å². The summed E-state index contributed by atoms with van der Waals surface area (Å²) in [6, 6.07) is 1.92. The molecule has 148 valence electrons. The predicted octanol–water partition coefficient (Wildman–Crippen LogP) is 4.06. The number of hydrogen-bond acceptors (Lipinski definition) is 7. The third-order valence-corrected chi connectivity index (χ3v) is 7.47. The second-order valence-electron chi connectivity index (χ2n) is 8.81. The number of rotatable bonds is 7. The van der Waals surface area contributed by atoms with E-state index in [4.69, 9.17) is 9.26 Å². The number of aryl methyl sites for hydroxylation is 1. The summed E-state index contributed by atoms with van der Waals surface area (Å²) in [5.41, 5.74) is 0.695. The highest BCUT2D eigenvalue weighted by Crippen LogP contribution is 2.60. The molecule has 6 rings (SSSR count). The Balaban J connectivity index is 1.11. The molecule has 0 atom stereocenters. The lowest BCUT2D eigenvalue weighted by atomic mass is 9.48. The van der Waals surface area contributed by atoms with Gasteiger partial charge in [0.25, 0.3) is 0 Å². The van der Waals surface area contributed by atoms with Crippen molar-refractivity contribution < 1.29 is 18.8 Å². The minimum Gasteiger partial charge on any atom is -0.458 e. The summed E-state index contributed by atoms with van der Waals surface area (Å²) in [5.74, 6) is 2.82. The lowest BCUT2D eigenvalue weighted by Gasteiger charge is -2.55. The summed E-state index contributed by atoms with van der Waals surface area (Å²) in [4.78, 5) is 29.3. The molecule has 0 amide bonds. The van der Waals surface area contributed by atoms with Gasteiger partial charge >= 0.3 is 5.97 Å². The quantitative estimate of drug-likeness (QED) is 0.652. The van der Waals surface area contributed by atoms with E-state index in [2.05, 4.69) is 10.1 Å². The van der Waals surface area contributed by atoms with E-state index in [9.17, 15) is 9.59 Å². The van der Waals surface area contributed by atoms with Crippen LogP contribution in [-0.4, -0.2) is 28.5 Å². The molecule has 7 heteroatoms. The van der Waals surface area contributed by atoms with Crippen molar-refractivity contribution in [3.63, 3.8) is 0 Å². The van der Waals surface area contributed by atoms with Crippen molar-refractivity contribution in [2.75, 3.05) is 6.61 Å². The SMILES string of the molecule is O=C(CCc1nc(-c2ccsc2)no1)OCC(=O)C12CC3CC(CC(C3)C1)C2. The van der Waals surface area contributed by atoms with Crippen molar-refractivity contribution in [1.82, 2.24) is 10.1 Å². The van der Waals surface area contributed by atoms with Crippen LogP contribution >= 0.6 is 11.3 Å². The molecule has 0 spiro atoms. The van der Waals surface area contributed by atoms with Crippen LogP contribution in [0.5, 0.6) is 0 Å². The zero-order valence-corrected chi connectivity index (χ0v) is 16.6. The Morgan fingerprint density at radius 1 is 1.18 bits per heavy atom. The molecule has 4 fully saturated rings. The molecule has 28 heavy (non-hydrogen) atoms. The maximum absolute atomic E-state index is 12.9. The first-order valence-electron chi connectivity index (χ1n) is 10.1. The van der Waals surface area contributed by atoms with E-state index in [0.29, 0.717) is 35.9 Å². The normalized spacial score (nSPS) is 30.5. The van der Waals surface area contributed by atoms with Crippen molar-refractivity contribution >= 4 is 23.1 Å². The van der Waals surface area contributed by atoms with Crippen molar-refractivity contribution in [3.05, 3.63) is 22.7 Å². The second kappa shape index (κ2) is 7.10. The van der Waals surface area contributed by atoms with Gasteiger partial charge in [-0.2, -0.15) is 16.3 Å².